The predicted molar refractivity (Wildman–Crippen MR) is 53.2 cm³/mol. The first-order valence-electron chi connectivity index (χ1n) is 4.78. The van der Waals surface area contributed by atoms with Crippen LogP contribution in [0, 0.1) is 6.92 Å². The van der Waals surface area contributed by atoms with Crippen LogP contribution in [-0.2, 0) is 14.3 Å². The molecule has 0 radical (unpaired) electrons. The van der Waals surface area contributed by atoms with Gasteiger partial charge in [0.15, 0.2) is 6.04 Å². The van der Waals surface area contributed by atoms with Crippen molar-refractivity contribution in [1.82, 2.24) is 0 Å². The molecule has 1 N–H and O–H groups in total. The number of hydrogen-bond donors (Lipinski definition) is 1. The standard InChI is InChI=1S/C10H11NO5/c1-6-2-3-9(16-6)11-7(10(13)14)4-15-5-8(11)12/h2-3,7H,4-5H2,1H3,(H,13,14). The number of carbonyl (C=O) groups is 2. The summed E-state index contributed by atoms with van der Waals surface area (Å²) in [6.45, 7) is 1.58. The van der Waals surface area contributed by atoms with Crippen molar-refractivity contribution in [1.29, 1.82) is 0 Å². The molecule has 1 unspecified atom stereocenters. The third kappa shape index (κ3) is 1.79. The average Bonchev–Trinajstić information content (AvgIpc) is 2.64. The first-order valence-corrected chi connectivity index (χ1v) is 4.78. The van der Waals surface area contributed by atoms with Crippen molar-refractivity contribution >= 4 is 17.8 Å². The zero-order chi connectivity index (χ0) is 11.7. The summed E-state index contributed by atoms with van der Waals surface area (Å²) in [5.74, 6) is -0.647. The minimum absolute atomic E-state index is 0.0270. The van der Waals surface area contributed by atoms with Crippen LogP contribution in [0.15, 0.2) is 16.5 Å². The van der Waals surface area contributed by atoms with Gasteiger partial charge in [-0.1, -0.05) is 0 Å². The van der Waals surface area contributed by atoms with E-state index >= 15 is 0 Å². The van der Waals surface area contributed by atoms with Crippen LogP contribution in [0.1, 0.15) is 5.76 Å². The summed E-state index contributed by atoms with van der Waals surface area (Å²) < 4.78 is 10.2. The second-order valence-corrected chi connectivity index (χ2v) is 3.52. The van der Waals surface area contributed by atoms with Gasteiger partial charge in [-0.25, -0.2) is 4.79 Å². The van der Waals surface area contributed by atoms with Crippen LogP contribution in [0.5, 0.6) is 0 Å². The molecular formula is C10H11NO5. The van der Waals surface area contributed by atoms with Gasteiger partial charge in [0, 0.05) is 6.07 Å². The minimum Gasteiger partial charge on any atom is -0.480 e. The molecule has 6 heteroatoms. The number of aryl methyl sites for hydroxylation is 1. The molecule has 0 aromatic carbocycles. The zero-order valence-electron chi connectivity index (χ0n) is 8.67. The molecule has 1 aliphatic rings. The Balaban J connectivity index is 2.33. The molecule has 0 bridgehead atoms. The lowest BCUT2D eigenvalue weighted by molar-refractivity contribution is -0.145. The molecule has 0 saturated carbocycles. The lowest BCUT2D eigenvalue weighted by Gasteiger charge is -2.30. The maximum absolute atomic E-state index is 11.6. The SMILES string of the molecule is Cc1ccc(N2C(=O)COCC2C(=O)O)o1. The number of ether oxygens (including phenoxy) is 1. The summed E-state index contributed by atoms with van der Waals surface area (Å²) >= 11 is 0. The van der Waals surface area contributed by atoms with Gasteiger partial charge in [0.25, 0.3) is 5.91 Å². The summed E-state index contributed by atoms with van der Waals surface area (Å²) in [4.78, 5) is 23.7. The summed E-state index contributed by atoms with van der Waals surface area (Å²) in [5, 5.41) is 8.98. The first-order chi connectivity index (χ1) is 7.59. The number of carboxylic acids is 1. The predicted octanol–water partition coefficient (Wildman–Crippen LogP) is 0.404. The quantitative estimate of drug-likeness (QED) is 0.788. The highest BCUT2D eigenvalue weighted by molar-refractivity contribution is 5.99. The maximum atomic E-state index is 11.6. The maximum Gasteiger partial charge on any atom is 0.329 e. The number of anilines is 1. The van der Waals surface area contributed by atoms with Crippen LogP contribution in [-0.4, -0.2) is 36.2 Å². The Morgan fingerprint density at radius 1 is 1.56 bits per heavy atom. The Hall–Kier alpha value is -1.82. The smallest absolute Gasteiger partial charge is 0.329 e. The number of furan rings is 1. The summed E-state index contributed by atoms with van der Waals surface area (Å²) in [5.41, 5.74) is 0. The highest BCUT2D eigenvalue weighted by Crippen LogP contribution is 2.23. The van der Waals surface area contributed by atoms with Crippen molar-refractivity contribution in [2.75, 3.05) is 18.1 Å². The molecular weight excluding hydrogens is 214 g/mol. The Morgan fingerprint density at radius 2 is 2.31 bits per heavy atom. The van der Waals surface area contributed by atoms with E-state index < -0.39 is 17.9 Å². The van der Waals surface area contributed by atoms with E-state index in [1.54, 1.807) is 19.1 Å². The molecule has 1 saturated heterocycles. The number of rotatable bonds is 2. The Bertz CT molecular complexity index is 425. The van der Waals surface area contributed by atoms with Crippen molar-refractivity contribution in [2.24, 2.45) is 0 Å². The Labute approximate surface area is 91.4 Å². The van der Waals surface area contributed by atoms with Crippen molar-refractivity contribution in [2.45, 2.75) is 13.0 Å². The number of morpholine rings is 1. The molecule has 1 amide bonds. The summed E-state index contributed by atoms with van der Waals surface area (Å²) in [7, 11) is 0. The van der Waals surface area contributed by atoms with Crippen LogP contribution in [0.3, 0.4) is 0 Å². The zero-order valence-corrected chi connectivity index (χ0v) is 8.67. The number of aliphatic carboxylic acids is 1. The van der Waals surface area contributed by atoms with E-state index in [-0.39, 0.29) is 19.1 Å². The molecule has 1 atom stereocenters. The van der Waals surface area contributed by atoms with Gasteiger partial charge >= 0.3 is 5.97 Å². The number of carboxylic acid groups (broad SMARTS) is 1. The highest BCUT2D eigenvalue weighted by Gasteiger charge is 2.36. The number of nitrogens with zero attached hydrogens (tertiary/aromatic N) is 1. The normalized spacial score (nSPS) is 21.2. The molecule has 1 fully saturated rings. The highest BCUT2D eigenvalue weighted by atomic mass is 16.5. The molecule has 86 valence electrons. The molecule has 2 rings (SSSR count). The van der Waals surface area contributed by atoms with Crippen LogP contribution in [0.25, 0.3) is 0 Å². The molecule has 1 aromatic heterocycles. The van der Waals surface area contributed by atoms with E-state index in [0.717, 1.165) is 4.90 Å². The molecule has 0 spiro atoms. The summed E-state index contributed by atoms with van der Waals surface area (Å²) in [6, 6.07) is 2.23. The minimum atomic E-state index is -1.11. The van der Waals surface area contributed by atoms with Crippen LogP contribution < -0.4 is 4.90 Å². The topological polar surface area (TPSA) is 80.0 Å². The molecule has 0 aliphatic carbocycles. The molecule has 6 nitrogen and oxygen atoms in total. The van der Waals surface area contributed by atoms with E-state index in [9.17, 15) is 9.59 Å². The van der Waals surface area contributed by atoms with Gasteiger partial charge in [-0.3, -0.25) is 9.69 Å². The summed E-state index contributed by atoms with van der Waals surface area (Å²) in [6.07, 6.45) is 0. The molecule has 2 heterocycles. The molecule has 1 aliphatic heterocycles. The van der Waals surface area contributed by atoms with Gasteiger partial charge in [-0.05, 0) is 13.0 Å². The second kappa shape index (κ2) is 3.97. The fourth-order valence-corrected chi connectivity index (χ4v) is 1.59. The van der Waals surface area contributed by atoms with Crippen molar-refractivity contribution in [3.05, 3.63) is 17.9 Å². The largest absolute Gasteiger partial charge is 0.480 e. The lowest BCUT2D eigenvalue weighted by Crippen LogP contribution is -2.53. The first kappa shape index (κ1) is 10.7. The monoisotopic (exact) mass is 225 g/mol. The number of hydrogen-bond acceptors (Lipinski definition) is 4. The van der Waals surface area contributed by atoms with Crippen LogP contribution in [0.4, 0.5) is 5.88 Å². The van der Waals surface area contributed by atoms with Crippen molar-refractivity contribution in [3.63, 3.8) is 0 Å². The lowest BCUT2D eigenvalue weighted by atomic mass is 10.2. The Kier molecular flexibility index (Phi) is 2.66. The van der Waals surface area contributed by atoms with Gasteiger partial charge in [0.1, 0.15) is 12.4 Å². The number of carbonyl (C=O) groups excluding carboxylic acids is 1. The van der Waals surface area contributed by atoms with E-state index in [0.29, 0.717) is 5.76 Å². The fourth-order valence-electron chi connectivity index (χ4n) is 1.59. The third-order valence-corrected chi connectivity index (χ3v) is 2.33. The number of amides is 1. The van der Waals surface area contributed by atoms with E-state index in [1.807, 2.05) is 0 Å². The van der Waals surface area contributed by atoms with Crippen LogP contribution >= 0.6 is 0 Å². The van der Waals surface area contributed by atoms with E-state index in [1.165, 1.54) is 0 Å². The Morgan fingerprint density at radius 3 is 2.88 bits per heavy atom. The fraction of sp³-hybridized carbons (Fsp3) is 0.400. The van der Waals surface area contributed by atoms with E-state index in [2.05, 4.69) is 0 Å². The molecule has 1 aromatic rings. The third-order valence-electron chi connectivity index (χ3n) is 2.33. The molecule has 16 heavy (non-hydrogen) atoms. The van der Waals surface area contributed by atoms with E-state index in [4.69, 9.17) is 14.3 Å². The average molecular weight is 225 g/mol. The second-order valence-electron chi connectivity index (χ2n) is 3.52. The van der Waals surface area contributed by atoms with Gasteiger partial charge in [0.2, 0.25) is 5.88 Å². The van der Waals surface area contributed by atoms with Crippen LogP contribution in [0.2, 0.25) is 0 Å². The van der Waals surface area contributed by atoms with Gasteiger partial charge in [0.05, 0.1) is 6.61 Å². The van der Waals surface area contributed by atoms with Gasteiger partial charge < -0.3 is 14.3 Å². The van der Waals surface area contributed by atoms with Crippen molar-refractivity contribution in [3.8, 4) is 0 Å². The van der Waals surface area contributed by atoms with Crippen molar-refractivity contribution < 1.29 is 23.8 Å². The van der Waals surface area contributed by atoms with Gasteiger partial charge in [-0.2, -0.15) is 0 Å². The van der Waals surface area contributed by atoms with Gasteiger partial charge in [-0.15, -0.1) is 0 Å².